The number of aryl methyl sites for hydroxylation is 1. The first-order valence-electron chi connectivity index (χ1n) is 5.49. The molecule has 16 heavy (non-hydrogen) atoms. The lowest BCUT2D eigenvalue weighted by molar-refractivity contribution is 0.287. The van der Waals surface area contributed by atoms with E-state index in [4.69, 9.17) is 9.15 Å². The molecule has 0 radical (unpaired) electrons. The molecule has 2 heterocycles. The van der Waals surface area contributed by atoms with Crippen LogP contribution in [0, 0.1) is 6.92 Å². The van der Waals surface area contributed by atoms with Gasteiger partial charge in [0.05, 0.1) is 6.61 Å². The van der Waals surface area contributed by atoms with Crippen molar-refractivity contribution in [3.8, 4) is 11.3 Å². The summed E-state index contributed by atoms with van der Waals surface area (Å²) >= 11 is 0. The van der Waals surface area contributed by atoms with Crippen LogP contribution >= 0.6 is 0 Å². The quantitative estimate of drug-likeness (QED) is 0.715. The van der Waals surface area contributed by atoms with Crippen molar-refractivity contribution in [3.63, 3.8) is 0 Å². The number of hydrogen-bond acceptors (Lipinski definition) is 2. The normalized spacial score (nSPS) is 23.4. The van der Waals surface area contributed by atoms with Crippen LogP contribution < -0.4 is 0 Å². The van der Waals surface area contributed by atoms with Crippen molar-refractivity contribution in [2.45, 2.75) is 19.4 Å². The summed E-state index contributed by atoms with van der Waals surface area (Å²) < 4.78 is 11.2. The minimum Gasteiger partial charge on any atom is -0.458 e. The molecule has 0 spiro atoms. The first kappa shape index (κ1) is 9.67. The SMILES string of the molecule is Cc1ccc(-c2ccc(C3(C)CO3)o2)cc1. The van der Waals surface area contributed by atoms with E-state index in [0.29, 0.717) is 0 Å². The van der Waals surface area contributed by atoms with Crippen molar-refractivity contribution < 1.29 is 9.15 Å². The molecular formula is C14H14O2. The summed E-state index contributed by atoms with van der Waals surface area (Å²) in [5.74, 6) is 1.83. The van der Waals surface area contributed by atoms with Gasteiger partial charge in [-0.05, 0) is 26.0 Å². The highest BCUT2D eigenvalue weighted by Crippen LogP contribution is 2.40. The average Bonchev–Trinajstić information content (AvgIpc) is 2.84. The predicted molar refractivity (Wildman–Crippen MR) is 62.2 cm³/mol. The second-order valence-corrected chi connectivity index (χ2v) is 4.55. The third-order valence-corrected chi connectivity index (χ3v) is 3.04. The number of rotatable bonds is 2. The summed E-state index contributed by atoms with van der Waals surface area (Å²) in [5, 5.41) is 0. The topological polar surface area (TPSA) is 25.7 Å². The van der Waals surface area contributed by atoms with Gasteiger partial charge in [0.1, 0.15) is 17.1 Å². The first-order valence-corrected chi connectivity index (χ1v) is 5.49. The van der Waals surface area contributed by atoms with Crippen LogP contribution in [0.4, 0.5) is 0 Å². The van der Waals surface area contributed by atoms with E-state index < -0.39 is 0 Å². The maximum Gasteiger partial charge on any atom is 0.146 e. The van der Waals surface area contributed by atoms with Gasteiger partial charge in [-0.15, -0.1) is 0 Å². The molecule has 1 unspecified atom stereocenters. The van der Waals surface area contributed by atoms with Gasteiger partial charge in [0.15, 0.2) is 0 Å². The third-order valence-electron chi connectivity index (χ3n) is 3.04. The average molecular weight is 214 g/mol. The van der Waals surface area contributed by atoms with Gasteiger partial charge < -0.3 is 9.15 Å². The van der Waals surface area contributed by atoms with Crippen molar-refractivity contribution in [1.82, 2.24) is 0 Å². The van der Waals surface area contributed by atoms with Gasteiger partial charge in [0.25, 0.3) is 0 Å². The second-order valence-electron chi connectivity index (χ2n) is 4.55. The molecule has 2 heteroatoms. The lowest BCUT2D eigenvalue weighted by Crippen LogP contribution is -1.98. The molecular weight excluding hydrogens is 200 g/mol. The molecule has 0 N–H and O–H groups in total. The fourth-order valence-electron chi connectivity index (χ4n) is 1.75. The van der Waals surface area contributed by atoms with E-state index in [-0.39, 0.29) is 5.60 Å². The van der Waals surface area contributed by atoms with Gasteiger partial charge in [-0.3, -0.25) is 0 Å². The molecule has 3 rings (SSSR count). The molecule has 1 atom stereocenters. The van der Waals surface area contributed by atoms with Crippen molar-refractivity contribution in [2.75, 3.05) is 6.61 Å². The minimum absolute atomic E-state index is 0.178. The Morgan fingerprint density at radius 2 is 1.75 bits per heavy atom. The van der Waals surface area contributed by atoms with Crippen molar-refractivity contribution in [3.05, 3.63) is 47.7 Å². The van der Waals surface area contributed by atoms with Crippen LogP contribution in [0.2, 0.25) is 0 Å². The van der Waals surface area contributed by atoms with E-state index in [9.17, 15) is 0 Å². The molecule has 82 valence electrons. The van der Waals surface area contributed by atoms with Crippen molar-refractivity contribution in [1.29, 1.82) is 0 Å². The zero-order valence-corrected chi connectivity index (χ0v) is 9.49. The molecule has 0 bridgehead atoms. The van der Waals surface area contributed by atoms with Crippen LogP contribution in [0.1, 0.15) is 18.2 Å². The largest absolute Gasteiger partial charge is 0.458 e. The summed E-state index contributed by atoms with van der Waals surface area (Å²) in [4.78, 5) is 0. The molecule has 0 saturated carbocycles. The van der Waals surface area contributed by atoms with E-state index in [1.165, 1.54) is 5.56 Å². The van der Waals surface area contributed by atoms with Crippen LogP contribution in [0.3, 0.4) is 0 Å². The summed E-state index contributed by atoms with van der Waals surface area (Å²) in [6.45, 7) is 4.88. The maximum absolute atomic E-state index is 5.81. The zero-order chi connectivity index (χ0) is 11.2. The summed E-state index contributed by atoms with van der Waals surface area (Å²) in [6, 6.07) is 12.3. The maximum atomic E-state index is 5.81. The molecule has 1 aliphatic rings. The minimum atomic E-state index is -0.178. The number of epoxide rings is 1. The predicted octanol–water partition coefficient (Wildman–Crippen LogP) is 3.50. The highest BCUT2D eigenvalue weighted by atomic mass is 16.6. The van der Waals surface area contributed by atoms with Crippen LogP contribution in [-0.2, 0) is 10.3 Å². The van der Waals surface area contributed by atoms with Crippen molar-refractivity contribution in [2.24, 2.45) is 0 Å². The van der Waals surface area contributed by atoms with E-state index >= 15 is 0 Å². The highest BCUT2D eigenvalue weighted by Gasteiger charge is 2.44. The Balaban J connectivity index is 1.95. The monoisotopic (exact) mass is 214 g/mol. The number of hydrogen-bond donors (Lipinski definition) is 0. The first-order chi connectivity index (χ1) is 7.67. The standard InChI is InChI=1S/C14H14O2/c1-10-3-5-11(6-4-10)12-7-8-13(16-12)14(2)9-15-14/h3-8H,9H2,1-2H3. The van der Waals surface area contributed by atoms with Gasteiger partial charge >= 0.3 is 0 Å². The molecule has 1 aromatic heterocycles. The van der Waals surface area contributed by atoms with Crippen LogP contribution in [0.25, 0.3) is 11.3 Å². The Kier molecular flexibility index (Phi) is 1.95. The van der Waals surface area contributed by atoms with Crippen molar-refractivity contribution >= 4 is 0 Å². The second kappa shape index (κ2) is 3.22. The highest BCUT2D eigenvalue weighted by molar-refractivity contribution is 5.58. The zero-order valence-electron chi connectivity index (χ0n) is 9.49. The van der Waals surface area contributed by atoms with Gasteiger partial charge in [-0.2, -0.15) is 0 Å². The molecule has 0 amide bonds. The Labute approximate surface area is 94.9 Å². The van der Waals surface area contributed by atoms with Gasteiger partial charge in [-0.25, -0.2) is 0 Å². The molecule has 2 nitrogen and oxygen atoms in total. The van der Waals surface area contributed by atoms with Crippen LogP contribution in [0.5, 0.6) is 0 Å². The Morgan fingerprint density at radius 3 is 2.38 bits per heavy atom. The van der Waals surface area contributed by atoms with E-state index in [1.54, 1.807) is 0 Å². The molecule has 1 aromatic carbocycles. The van der Waals surface area contributed by atoms with E-state index in [0.717, 1.165) is 23.7 Å². The van der Waals surface area contributed by atoms with E-state index in [2.05, 4.69) is 31.2 Å². The van der Waals surface area contributed by atoms with Gasteiger partial charge in [0.2, 0.25) is 0 Å². The van der Waals surface area contributed by atoms with Gasteiger partial charge in [0, 0.05) is 5.56 Å². The van der Waals surface area contributed by atoms with Gasteiger partial charge in [-0.1, -0.05) is 29.8 Å². The smallest absolute Gasteiger partial charge is 0.146 e. The summed E-state index contributed by atoms with van der Waals surface area (Å²) in [5.41, 5.74) is 2.19. The number of benzene rings is 1. The number of furan rings is 1. The Morgan fingerprint density at radius 1 is 1.06 bits per heavy atom. The summed E-state index contributed by atoms with van der Waals surface area (Å²) in [7, 11) is 0. The Bertz CT molecular complexity index is 504. The van der Waals surface area contributed by atoms with Crippen LogP contribution in [0.15, 0.2) is 40.8 Å². The van der Waals surface area contributed by atoms with E-state index in [1.807, 2.05) is 19.1 Å². The molecule has 1 aliphatic heterocycles. The lowest BCUT2D eigenvalue weighted by Gasteiger charge is -2.00. The molecule has 0 aliphatic carbocycles. The number of ether oxygens (including phenoxy) is 1. The van der Waals surface area contributed by atoms with Crippen LogP contribution in [-0.4, -0.2) is 6.61 Å². The summed E-state index contributed by atoms with van der Waals surface area (Å²) in [6.07, 6.45) is 0. The fourth-order valence-corrected chi connectivity index (χ4v) is 1.75. The fraction of sp³-hybridized carbons (Fsp3) is 0.286. The third kappa shape index (κ3) is 1.55. The lowest BCUT2D eigenvalue weighted by atomic mass is 10.1. The molecule has 1 fully saturated rings. The Hall–Kier alpha value is -1.54. The molecule has 1 saturated heterocycles. The molecule has 2 aromatic rings.